The maximum absolute atomic E-state index is 12.0. The maximum atomic E-state index is 12.0. The molecule has 1 atom stereocenters. The Bertz CT molecular complexity index is 642. The van der Waals surface area contributed by atoms with Gasteiger partial charge in [0.1, 0.15) is 0 Å². The minimum atomic E-state index is -0.533. The van der Waals surface area contributed by atoms with Crippen molar-refractivity contribution < 1.29 is 19.1 Å². The molecule has 0 saturated carbocycles. The van der Waals surface area contributed by atoms with Gasteiger partial charge in [0.25, 0.3) is 0 Å². The van der Waals surface area contributed by atoms with Crippen molar-refractivity contribution in [2.75, 3.05) is 11.9 Å². The van der Waals surface area contributed by atoms with Crippen molar-refractivity contribution in [3.8, 4) is 0 Å². The summed E-state index contributed by atoms with van der Waals surface area (Å²) >= 11 is 0. The zero-order valence-electron chi connectivity index (χ0n) is 12.2. The minimum absolute atomic E-state index is 0.0791. The highest BCUT2D eigenvalue weighted by Crippen LogP contribution is 2.32. The second-order valence-electron chi connectivity index (χ2n) is 5.27. The first-order valence-corrected chi connectivity index (χ1v) is 6.68. The van der Waals surface area contributed by atoms with Gasteiger partial charge in [0.2, 0.25) is 5.91 Å². The fourth-order valence-electron chi connectivity index (χ4n) is 2.09. The van der Waals surface area contributed by atoms with E-state index in [0.29, 0.717) is 5.56 Å². The number of allylic oxidation sites excluding steroid dienone is 1. The van der Waals surface area contributed by atoms with Gasteiger partial charge in [-0.05, 0) is 44.5 Å². The summed E-state index contributed by atoms with van der Waals surface area (Å²) in [7, 11) is 0. The number of benzene rings is 1. The molecule has 5 nitrogen and oxygen atoms in total. The number of hydrogen-bond acceptors (Lipinski definition) is 4. The molecule has 0 aromatic heterocycles. The topological polar surface area (TPSA) is 72.5 Å². The lowest BCUT2D eigenvalue weighted by molar-refractivity contribution is -0.136. The molecule has 0 aliphatic carbocycles. The quantitative estimate of drug-likeness (QED) is 0.524. The lowest BCUT2D eigenvalue weighted by Gasteiger charge is -2.06. The standard InChI is InChI=1S/C16H17NO4/c1-9(2)6-15(19)21-8-14(18)11-4-5-13-12(7-11)10(3)16(20)17-13/h4-7,10H,8H2,1-3H3,(H,17,20)/t10-/m0/s1. The van der Waals surface area contributed by atoms with Crippen molar-refractivity contribution in [1.82, 2.24) is 0 Å². The zero-order chi connectivity index (χ0) is 15.6. The maximum Gasteiger partial charge on any atom is 0.331 e. The first kappa shape index (κ1) is 15.0. The Morgan fingerprint density at radius 3 is 2.71 bits per heavy atom. The molecule has 0 unspecified atom stereocenters. The second kappa shape index (κ2) is 5.91. The number of ketones is 1. The highest BCUT2D eigenvalue weighted by atomic mass is 16.5. The van der Waals surface area contributed by atoms with E-state index in [4.69, 9.17) is 4.74 Å². The monoisotopic (exact) mass is 287 g/mol. The molecule has 0 spiro atoms. The van der Waals surface area contributed by atoms with Crippen LogP contribution in [-0.2, 0) is 14.3 Å². The fraction of sp³-hybridized carbons (Fsp3) is 0.312. The number of anilines is 1. The van der Waals surface area contributed by atoms with Crippen LogP contribution in [-0.4, -0.2) is 24.3 Å². The van der Waals surface area contributed by atoms with Crippen LogP contribution in [0.15, 0.2) is 29.8 Å². The summed E-state index contributed by atoms with van der Waals surface area (Å²) in [4.78, 5) is 34.9. The van der Waals surface area contributed by atoms with Crippen LogP contribution in [0.25, 0.3) is 0 Å². The summed E-state index contributed by atoms with van der Waals surface area (Å²) in [6, 6.07) is 4.99. The van der Waals surface area contributed by atoms with E-state index < -0.39 is 5.97 Å². The van der Waals surface area contributed by atoms with Crippen molar-refractivity contribution in [2.24, 2.45) is 0 Å². The summed E-state index contributed by atoms with van der Waals surface area (Å²) in [6.07, 6.45) is 1.33. The number of Topliss-reactive ketones (excluding diaryl/α,β-unsaturated/α-hetero) is 1. The Labute approximate surface area is 123 Å². The number of fused-ring (bicyclic) bond motifs is 1. The third-order valence-electron chi connectivity index (χ3n) is 3.24. The van der Waals surface area contributed by atoms with Crippen LogP contribution < -0.4 is 5.32 Å². The predicted octanol–water partition coefficient (Wildman–Crippen LogP) is 2.43. The third kappa shape index (κ3) is 3.37. The molecular weight excluding hydrogens is 270 g/mol. The number of ether oxygens (including phenoxy) is 1. The molecule has 5 heteroatoms. The molecule has 1 aliphatic rings. The summed E-state index contributed by atoms with van der Waals surface area (Å²) in [5.41, 5.74) is 2.76. The smallest absolute Gasteiger partial charge is 0.331 e. The second-order valence-corrected chi connectivity index (χ2v) is 5.27. The highest BCUT2D eigenvalue weighted by Gasteiger charge is 2.27. The van der Waals surface area contributed by atoms with Crippen molar-refractivity contribution in [2.45, 2.75) is 26.7 Å². The van der Waals surface area contributed by atoms with Gasteiger partial charge >= 0.3 is 5.97 Å². The average Bonchev–Trinajstić information content (AvgIpc) is 2.70. The van der Waals surface area contributed by atoms with E-state index in [0.717, 1.165) is 16.8 Å². The molecular formula is C16H17NO4. The van der Waals surface area contributed by atoms with Gasteiger partial charge in [-0.2, -0.15) is 0 Å². The van der Waals surface area contributed by atoms with Crippen LogP contribution in [0.4, 0.5) is 5.69 Å². The van der Waals surface area contributed by atoms with E-state index in [1.54, 1.807) is 39.0 Å². The molecule has 0 saturated heterocycles. The highest BCUT2D eigenvalue weighted by molar-refractivity contribution is 6.05. The van der Waals surface area contributed by atoms with E-state index in [1.165, 1.54) is 6.08 Å². The lowest BCUT2D eigenvalue weighted by atomic mass is 9.99. The number of amides is 1. The number of carbonyl (C=O) groups is 3. The molecule has 2 rings (SSSR count). The molecule has 1 aromatic carbocycles. The van der Waals surface area contributed by atoms with Gasteiger partial charge in [0.05, 0.1) is 5.92 Å². The summed E-state index contributed by atoms with van der Waals surface area (Å²) in [5, 5.41) is 2.74. The van der Waals surface area contributed by atoms with Crippen LogP contribution in [0.2, 0.25) is 0 Å². The fourth-order valence-corrected chi connectivity index (χ4v) is 2.09. The number of nitrogens with one attached hydrogen (secondary N) is 1. The SMILES string of the molecule is CC(C)=CC(=O)OCC(=O)c1ccc2c(c1)[C@H](C)C(=O)N2. The number of hydrogen-bond donors (Lipinski definition) is 1. The van der Waals surface area contributed by atoms with Gasteiger partial charge in [-0.3, -0.25) is 9.59 Å². The Hall–Kier alpha value is -2.43. The zero-order valence-corrected chi connectivity index (χ0v) is 12.2. The van der Waals surface area contributed by atoms with Crippen molar-refractivity contribution in [1.29, 1.82) is 0 Å². The van der Waals surface area contributed by atoms with Gasteiger partial charge in [0, 0.05) is 17.3 Å². The first-order chi connectivity index (χ1) is 9.88. The van der Waals surface area contributed by atoms with Gasteiger partial charge < -0.3 is 10.1 Å². The van der Waals surface area contributed by atoms with E-state index in [1.807, 2.05) is 0 Å². The minimum Gasteiger partial charge on any atom is -0.454 e. The van der Waals surface area contributed by atoms with Crippen molar-refractivity contribution in [3.05, 3.63) is 41.0 Å². The van der Waals surface area contributed by atoms with E-state index in [2.05, 4.69) is 5.32 Å². The van der Waals surface area contributed by atoms with Crippen molar-refractivity contribution >= 4 is 23.3 Å². The largest absolute Gasteiger partial charge is 0.454 e. The Kier molecular flexibility index (Phi) is 4.21. The van der Waals surface area contributed by atoms with Crippen LogP contribution >= 0.6 is 0 Å². The van der Waals surface area contributed by atoms with Crippen LogP contribution in [0.3, 0.4) is 0 Å². The normalized spacial score (nSPS) is 16.0. The molecule has 1 heterocycles. The van der Waals surface area contributed by atoms with Gasteiger partial charge in [-0.1, -0.05) is 5.57 Å². The third-order valence-corrected chi connectivity index (χ3v) is 3.24. The molecule has 21 heavy (non-hydrogen) atoms. The van der Waals surface area contributed by atoms with Gasteiger partial charge in [-0.25, -0.2) is 4.79 Å². The van der Waals surface area contributed by atoms with Crippen LogP contribution in [0.5, 0.6) is 0 Å². The predicted molar refractivity (Wildman–Crippen MR) is 78.2 cm³/mol. The number of esters is 1. The Morgan fingerprint density at radius 2 is 2.05 bits per heavy atom. The van der Waals surface area contributed by atoms with Crippen molar-refractivity contribution in [3.63, 3.8) is 0 Å². The van der Waals surface area contributed by atoms with E-state index in [-0.39, 0.29) is 24.2 Å². The molecule has 1 amide bonds. The Balaban J connectivity index is 2.06. The van der Waals surface area contributed by atoms with Gasteiger partial charge in [-0.15, -0.1) is 0 Å². The molecule has 1 N–H and O–H groups in total. The number of carbonyl (C=O) groups excluding carboxylic acids is 3. The molecule has 0 radical (unpaired) electrons. The molecule has 0 bridgehead atoms. The number of rotatable bonds is 4. The molecule has 0 fully saturated rings. The Morgan fingerprint density at radius 1 is 1.33 bits per heavy atom. The van der Waals surface area contributed by atoms with Crippen LogP contribution in [0, 0.1) is 0 Å². The van der Waals surface area contributed by atoms with E-state index in [9.17, 15) is 14.4 Å². The molecule has 1 aromatic rings. The van der Waals surface area contributed by atoms with Crippen LogP contribution in [0.1, 0.15) is 42.6 Å². The summed E-state index contributed by atoms with van der Waals surface area (Å²) < 4.78 is 4.89. The average molecular weight is 287 g/mol. The summed E-state index contributed by atoms with van der Waals surface area (Å²) in [5.74, 6) is -1.18. The lowest BCUT2D eigenvalue weighted by Crippen LogP contribution is -2.13. The summed E-state index contributed by atoms with van der Waals surface area (Å²) in [6.45, 7) is 5.02. The molecule has 110 valence electrons. The molecule has 1 aliphatic heterocycles. The first-order valence-electron chi connectivity index (χ1n) is 6.68. The van der Waals surface area contributed by atoms with E-state index >= 15 is 0 Å². The van der Waals surface area contributed by atoms with Gasteiger partial charge in [0.15, 0.2) is 12.4 Å².